The number of nitrogens with one attached hydrogen (secondary N) is 1. The summed E-state index contributed by atoms with van der Waals surface area (Å²) in [4.78, 5) is 1.51. The lowest BCUT2D eigenvalue weighted by molar-refractivity contribution is 0.196. The Morgan fingerprint density at radius 3 is 2.95 bits per heavy atom. The maximum atomic E-state index is 5.09. The van der Waals surface area contributed by atoms with Crippen LogP contribution in [0, 0.1) is 5.41 Å². The zero-order valence-electron chi connectivity index (χ0n) is 11.7. The smallest absolute Gasteiger partial charge is 0.0587 e. The van der Waals surface area contributed by atoms with E-state index in [0.29, 0.717) is 5.41 Å². The molecule has 1 saturated carbocycles. The first kappa shape index (κ1) is 13.5. The molecule has 1 atom stereocenters. The van der Waals surface area contributed by atoms with Crippen molar-refractivity contribution in [3.63, 3.8) is 0 Å². The molecular formula is C16H23NOS. The van der Waals surface area contributed by atoms with Gasteiger partial charge >= 0.3 is 0 Å². The van der Waals surface area contributed by atoms with Crippen LogP contribution in [0.2, 0.25) is 0 Å². The first-order valence-electron chi connectivity index (χ1n) is 7.26. The summed E-state index contributed by atoms with van der Waals surface area (Å²) in [6.45, 7) is 2.97. The normalized spacial score (nSPS) is 23.3. The molecule has 1 aliphatic heterocycles. The number of benzene rings is 1. The largest absolute Gasteiger partial charge is 0.383 e. The van der Waals surface area contributed by atoms with Crippen LogP contribution in [-0.4, -0.2) is 32.1 Å². The van der Waals surface area contributed by atoms with E-state index in [-0.39, 0.29) is 0 Å². The van der Waals surface area contributed by atoms with Gasteiger partial charge in [0.25, 0.3) is 0 Å². The second-order valence-corrected chi connectivity index (χ2v) is 7.27. The molecule has 1 unspecified atom stereocenters. The Kier molecular flexibility index (Phi) is 4.15. The third-order valence-corrected chi connectivity index (χ3v) is 5.63. The lowest BCUT2D eigenvalue weighted by Crippen LogP contribution is -2.29. The Balaban J connectivity index is 1.48. The van der Waals surface area contributed by atoms with E-state index in [9.17, 15) is 0 Å². The summed E-state index contributed by atoms with van der Waals surface area (Å²) in [5, 5.41) is 4.35. The van der Waals surface area contributed by atoms with E-state index >= 15 is 0 Å². The van der Waals surface area contributed by atoms with E-state index in [1.54, 1.807) is 12.7 Å². The van der Waals surface area contributed by atoms with Gasteiger partial charge in [0.15, 0.2) is 0 Å². The van der Waals surface area contributed by atoms with Crippen LogP contribution in [0.15, 0.2) is 29.2 Å². The van der Waals surface area contributed by atoms with Crippen LogP contribution in [0.25, 0.3) is 0 Å². The predicted octanol–water partition coefficient (Wildman–Crippen LogP) is 3.11. The van der Waals surface area contributed by atoms with Gasteiger partial charge in [0.05, 0.1) is 6.61 Å². The molecule has 2 aliphatic rings. The Bertz CT molecular complexity index is 406. The van der Waals surface area contributed by atoms with E-state index in [4.69, 9.17) is 4.74 Å². The fraction of sp³-hybridized carbons (Fsp3) is 0.625. The molecule has 0 saturated heterocycles. The molecular weight excluding hydrogens is 254 g/mol. The first-order valence-corrected chi connectivity index (χ1v) is 8.14. The van der Waals surface area contributed by atoms with Crippen molar-refractivity contribution in [3.05, 3.63) is 29.8 Å². The summed E-state index contributed by atoms with van der Waals surface area (Å²) < 4.78 is 5.09. The highest BCUT2D eigenvalue weighted by atomic mass is 32.2. The Labute approximate surface area is 120 Å². The fourth-order valence-corrected chi connectivity index (χ4v) is 4.53. The summed E-state index contributed by atoms with van der Waals surface area (Å²) >= 11 is 2.09. The summed E-state index contributed by atoms with van der Waals surface area (Å²) in [6.07, 6.45) is 5.44. The zero-order chi connectivity index (χ0) is 13.1. The molecule has 104 valence electrons. The van der Waals surface area contributed by atoms with Crippen molar-refractivity contribution >= 4 is 11.8 Å². The summed E-state index contributed by atoms with van der Waals surface area (Å²) in [5.41, 5.74) is 2.15. The van der Waals surface area contributed by atoms with Gasteiger partial charge in [0.1, 0.15) is 0 Å². The third kappa shape index (κ3) is 3.33. The third-order valence-electron chi connectivity index (χ3n) is 4.31. The highest BCUT2D eigenvalue weighted by Crippen LogP contribution is 2.53. The number of fused-ring (bicyclic) bond motifs is 1. The number of thioether (sulfide) groups is 1. The molecule has 2 nitrogen and oxygen atoms in total. The van der Waals surface area contributed by atoms with Crippen LogP contribution >= 0.6 is 11.8 Å². The van der Waals surface area contributed by atoms with E-state index < -0.39 is 0 Å². The van der Waals surface area contributed by atoms with Crippen LogP contribution in [0.3, 0.4) is 0 Å². The van der Waals surface area contributed by atoms with Gasteiger partial charge in [-0.25, -0.2) is 0 Å². The highest BCUT2D eigenvalue weighted by molar-refractivity contribution is 8.00. The SMILES string of the molecule is COCCNCC1(CC2Cc3ccccc3S2)CC1. The van der Waals surface area contributed by atoms with Gasteiger partial charge in [-0.1, -0.05) is 18.2 Å². The monoisotopic (exact) mass is 277 g/mol. The molecule has 1 aromatic rings. The Morgan fingerprint density at radius 1 is 1.37 bits per heavy atom. The molecule has 0 amide bonds. The number of hydrogen-bond donors (Lipinski definition) is 1. The summed E-state index contributed by atoms with van der Waals surface area (Å²) in [6, 6.07) is 8.89. The number of rotatable bonds is 7. The summed E-state index contributed by atoms with van der Waals surface area (Å²) in [5.74, 6) is 0. The molecule has 3 heteroatoms. The first-order chi connectivity index (χ1) is 9.31. The van der Waals surface area contributed by atoms with Crippen molar-refractivity contribution in [3.8, 4) is 0 Å². The number of methoxy groups -OCH3 is 1. The van der Waals surface area contributed by atoms with Crippen molar-refractivity contribution in [2.24, 2.45) is 5.41 Å². The molecule has 3 rings (SSSR count). The van der Waals surface area contributed by atoms with E-state index in [2.05, 4.69) is 41.3 Å². The van der Waals surface area contributed by atoms with Crippen molar-refractivity contribution < 1.29 is 4.74 Å². The fourth-order valence-electron chi connectivity index (χ4n) is 3.01. The Morgan fingerprint density at radius 2 is 2.21 bits per heavy atom. The van der Waals surface area contributed by atoms with Gasteiger partial charge in [-0.05, 0) is 42.7 Å². The van der Waals surface area contributed by atoms with Gasteiger partial charge in [0, 0.05) is 30.3 Å². The maximum absolute atomic E-state index is 5.09. The minimum absolute atomic E-state index is 0.591. The molecule has 19 heavy (non-hydrogen) atoms. The van der Waals surface area contributed by atoms with Gasteiger partial charge in [0.2, 0.25) is 0 Å². The van der Waals surface area contributed by atoms with Crippen molar-refractivity contribution in [1.29, 1.82) is 0 Å². The zero-order valence-corrected chi connectivity index (χ0v) is 12.5. The van der Waals surface area contributed by atoms with Gasteiger partial charge in [-0.3, -0.25) is 0 Å². The van der Waals surface area contributed by atoms with Crippen molar-refractivity contribution in [1.82, 2.24) is 5.32 Å². The van der Waals surface area contributed by atoms with Gasteiger partial charge in [-0.15, -0.1) is 11.8 Å². The second-order valence-electron chi connectivity index (χ2n) is 5.93. The lowest BCUT2D eigenvalue weighted by atomic mass is 9.96. The molecule has 1 aromatic carbocycles. The maximum Gasteiger partial charge on any atom is 0.0587 e. The van der Waals surface area contributed by atoms with Gasteiger partial charge < -0.3 is 10.1 Å². The average Bonchev–Trinajstić information content (AvgIpc) is 3.04. The molecule has 0 bridgehead atoms. The quantitative estimate of drug-likeness (QED) is 0.774. The molecule has 0 radical (unpaired) electrons. The molecule has 1 heterocycles. The molecule has 0 aromatic heterocycles. The standard InChI is InChI=1S/C16H23NOS/c1-18-9-8-17-12-16(6-7-16)11-14-10-13-4-2-3-5-15(13)19-14/h2-5,14,17H,6-12H2,1H3. The van der Waals surface area contributed by atoms with Crippen LogP contribution in [0.1, 0.15) is 24.8 Å². The molecule has 1 fully saturated rings. The summed E-state index contributed by atoms with van der Waals surface area (Å²) in [7, 11) is 1.76. The average molecular weight is 277 g/mol. The topological polar surface area (TPSA) is 21.3 Å². The molecule has 1 aliphatic carbocycles. The minimum Gasteiger partial charge on any atom is -0.383 e. The van der Waals surface area contributed by atoms with E-state index in [0.717, 1.165) is 18.4 Å². The van der Waals surface area contributed by atoms with Crippen molar-refractivity contribution in [2.45, 2.75) is 35.8 Å². The van der Waals surface area contributed by atoms with Crippen molar-refractivity contribution in [2.75, 3.05) is 26.8 Å². The molecule has 0 spiro atoms. The van der Waals surface area contributed by atoms with E-state index in [1.165, 1.54) is 37.1 Å². The minimum atomic E-state index is 0.591. The number of ether oxygens (including phenoxy) is 1. The lowest BCUT2D eigenvalue weighted by Gasteiger charge is -2.19. The second kappa shape index (κ2) is 5.86. The van der Waals surface area contributed by atoms with Gasteiger partial charge in [-0.2, -0.15) is 0 Å². The van der Waals surface area contributed by atoms with E-state index in [1.807, 2.05) is 0 Å². The molecule has 1 N–H and O–H groups in total. The number of hydrogen-bond acceptors (Lipinski definition) is 3. The van der Waals surface area contributed by atoms with Crippen LogP contribution in [0.5, 0.6) is 0 Å². The highest BCUT2D eigenvalue weighted by Gasteiger charge is 2.44. The van der Waals surface area contributed by atoms with Crippen LogP contribution in [0.4, 0.5) is 0 Å². The Hall–Kier alpha value is -0.510. The van der Waals surface area contributed by atoms with Crippen LogP contribution in [-0.2, 0) is 11.2 Å². The van der Waals surface area contributed by atoms with Crippen LogP contribution < -0.4 is 5.32 Å². The predicted molar refractivity (Wildman–Crippen MR) is 80.8 cm³/mol.